The SMILES string of the molecule is CCCCCCCC/C(=C/C(=O)[O-])C(=O)[O-].CCCCCCCC/C(=C/C(=O)[O-])C(=O)[O-].CCCCC[CH2][Sn+4][CH2]CCCCC. The molecule has 45 heavy (non-hydrogen) atoms. The Balaban J connectivity index is -0.000000592. The van der Waals surface area contributed by atoms with Gasteiger partial charge >= 0.3 is 95.2 Å². The van der Waals surface area contributed by atoms with Gasteiger partial charge in [0.2, 0.25) is 0 Å². The van der Waals surface area contributed by atoms with Crippen molar-refractivity contribution in [3.8, 4) is 0 Å². The summed E-state index contributed by atoms with van der Waals surface area (Å²) in [6, 6.07) is 0. The van der Waals surface area contributed by atoms with Gasteiger partial charge in [0.25, 0.3) is 0 Å². The van der Waals surface area contributed by atoms with Crippen molar-refractivity contribution in [1.82, 2.24) is 0 Å². The van der Waals surface area contributed by atoms with Gasteiger partial charge < -0.3 is 39.6 Å². The van der Waals surface area contributed by atoms with E-state index in [-0.39, 0.29) is 45.1 Å². The molecule has 258 valence electrons. The Morgan fingerprint density at radius 1 is 0.422 bits per heavy atom. The third-order valence-electron chi connectivity index (χ3n) is 7.12. The van der Waals surface area contributed by atoms with Crippen LogP contribution in [0.15, 0.2) is 23.3 Å². The zero-order valence-electron chi connectivity index (χ0n) is 28.9. The molecule has 0 aliphatic rings. The molecule has 0 rings (SSSR count). The van der Waals surface area contributed by atoms with E-state index in [4.69, 9.17) is 0 Å². The van der Waals surface area contributed by atoms with E-state index < -0.39 is 23.9 Å². The predicted molar refractivity (Wildman–Crippen MR) is 176 cm³/mol. The van der Waals surface area contributed by atoms with E-state index in [1.54, 1.807) is 21.7 Å². The van der Waals surface area contributed by atoms with Crippen LogP contribution in [0, 0.1) is 0 Å². The van der Waals surface area contributed by atoms with Crippen LogP contribution in [0.3, 0.4) is 0 Å². The fraction of sp³-hybridized carbons (Fsp3) is 0.778. The van der Waals surface area contributed by atoms with E-state index in [1.807, 2.05) is 0 Å². The summed E-state index contributed by atoms with van der Waals surface area (Å²) in [5.74, 6) is -5.80. The van der Waals surface area contributed by atoms with Crippen LogP contribution < -0.4 is 20.4 Å². The Kier molecular flexibility index (Phi) is 40.5. The quantitative estimate of drug-likeness (QED) is 0.0615. The molecule has 0 saturated heterocycles. The number of aliphatic carboxylic acids is 4. The Morgan fingerprint density at radius 2 is 0.689 bits per heavy atom. The summed E-state index contributed by atoms with van der Waals surface area (Å²) in [4.78, 5) is 41.5. The summed E-state index contributed by atoms with van der Waals surface area (Å²) < 4.78 is 3.30. The number of hydrogen-bond donors (Lipinski definition) is 0. The van der Waals surface area contributed by atoms with Gasteiger partial charge in [0.15, 0.2) is 0 Å². The van der Waals surface area contributed by atoms with E-state index in [2.05, 4.69) is 27.7 Å². The molecular formula is C36H62O8Sn. The van der Waals surface area contributed by atoms with Crippen molar-refractivity contribution in [1.29, 1.82) is 0 Å². The number of carbonyl (C=O) groups excluding carboxylic acids is 4. The maximum absolute atomic E-state index is 10.5. The Morgan fingerprint density at radius 3 is 0.956 bits per heavy atom. The molecule has 0 saturated carbocycles. The van der Waals surface area contributed by atoms with Crippen LogP contribution in [0.25, 0.3) is 0 Å². The molecule has 0 atom stereocenters. The molecule has 0 unspecified atom stereocenters. The number of unbranched alkanes of at least 4 members (excludes halogenated alkanes) is 16. The molecule has 0 heterocycles. The van der Waals surface area contributed by atoms with Crippen LogP contribution in [-0.4, -0.2) is 45.0 Å². The normalized spacial score (nSPS) is 11.2. The van der Waals surface area contributed by atoms with Gasteiger partial charge in [0.1, 0.15) is 0 Å². The first kappa shape index (κ1) is 47.6. The molecule has 0 aliphatic heterocycles. The Hall–Kier alpha value is -1.84. The van der Waals surface area contributed by atoms with Gasteiger partial charge in [0.05, 0.1) is 23.9 Å². The standard InChI is InChI=1S/2C12H20O4.2C6H13.Sn/c2*1-2-3-4-5-6-7-8-10(12(15)16)9-11(13)14;2*1-3-5-6-4-2;/h2*9H,2-8H2,1H3,(H,13,14)(H,15,16);2*1,3-6H2,2H3;/q;;;;+4/p-4/b2*10-9-;;;. The molecule has 6 radical (unpaired) electrons. The van der Waals surface area contributed by atoms with Crippen LogP contribution in [0.5, 0.6) is 0 Å². The topological polar surface area (TPSA) is 161 Å². The minimum absolute atomic E-state index is 0.104. The average molecular weight is 742 g/mol. The molecule has 0 N–H and O–H groups in total. The van der Waals surface area contributed by atoms with E-state index in [0.29, 0.717) is 25.0 Å². The molecule has 9 heteroatoms. The van der Waals surface area contributed by atoms with Gasteiger partial charge in [0, 0.05) is 0 Å². The first-order valence-corrected chi connectivity index (χ1v) is 21.6. The van der Waals surface area contributed by atoms with E-state index in [0.717, 1.165) is 51.4 Å². The number of carbonyl (C=O) groups is 4. The molecule has 0 aromatic rings. The van der Waals surface area contributed by atoms with Crippen molar-refractivity contribution < 1.29 is 39.6 Å². The van der Waals surface area contributed by atoms with Crippen LogP contribution in [-0.2, 0) is 19.2 Å². The van der Waals surface area contributed by atoms with Gasteiger partial charge in [-0.05, 0) is 49.0 Å². The summed E-state index contributed by atoms with van der Waals surface area (Å²) in [6.45, 7) is 8.84. The Labute approximate surface area is 284 Å². The molecule has 0 fully saturated rings. The van der Waals surface area contributed by atoms with Crippen molar-refractivity contribution >= 4 is 45.0 Å². The molecular weight excluding hydrogens is 679 g/mol. The third kappa shape index (κ3) is 42.2. The summed E-state index contributed by atoms with van der Waals surface area (Å²) in [7, 11) is 0. The van der Waals surface area contributed by atoms with Gasteiger partial charge in [-0.25, -0.2) is 0 Å². The summed E-state index contributed by atoms with van der Waals surface area (Å²) in [5, 5.41) is 41.5. The summed E-state index contributed by atoms with van der Waals surface area (Å²) in [6.07, 6.45) is 25.8. The fourth-order valence-corrected chi connectivity index (χ4v) is 7.99. The molecule has 0 amide bonds. The van der Waals surface area contributed by atoms with E-state index in [1.165, 1.54) is 51.4 Å². The number of carboxylic acid groups (broad SMARTS) is 4. The van der Waals surface area contributed by atoms with Gasteiger partial charge in [-0.2, -0.15) is 0 Å². The van der Waals surface area contributed by atoms with Crippen LogP contribution in [0.2, 0.25) is 8.87 Å². The second kappa shape index (κ2) is 38.3. The van der Waals surface area contributed by atoms with Crippen LogP contribution in [0.1, 0.15) is 169 Å². The molecule has 0 bridgehead atoms. The third-order valence-corrected chi connectivity index (χ3v) is 11.2. The number of rotatable bonds is 28. The fourth-order valence-electron chi connectivity index (χ4n) is 4.42. The van der Waals surface area contributed by atoms with Gasteiger partial charge in [-0.15, -0.1) is 0 Å². The summed E-state index contributed by atoms with van der Waals surface area (Å²) >= 11 is 0.104. The predicted octanol–water partition coefficient (Wildman–Crippen LogP) is 5.01. The zero-order valence-corrected chi connectivity index (χ0v) is 31.7. The molecule has 0 aliphatic carbocycles. The first-order chi connectivity index (χ1) is 21.6. The maximum atomic E-state index is 10.5. The Bertz CT molecular complexity index is 728. The first-order valence-electron chi connectivity index (χ1n) is 17.5. The molecule has 0 aromatic carbocycles. The van der Waals surface area contributed by atoms with E-state index in [9.17, 15) is 39.6 Å². The van der Waals surface area contributed by atoms with Crippen molar-refractivity contribution in [3.05, 3.63) is 23.3 Å². The summed E-state index contributed by atoms with van der Waals surface area (Å²) in [5.41, 5.74) is -0.369. The van der Waals surface area contributed by atoms with Crippen LogP contribution in [0.4, 0.5) is 0 Å². The molecule has 0 aromatic heterocycles. The van der Waals surface area contributed by atoms with Crippen molar-refractivity contribution in [3.63, 3.8) is 0 Å². The molecule has 8 nitrogen and oxygen atoms in total. The average Bonchev–Trinajstić information content (AvgIpc) is 2.98. The van der Waals surface area contributed by atoms with Crippen molar-refractivity contribution in [2.45, 2.75) is 178 Å². The number of hydrogen-bond acceptors (Lipinski definition) is 8. The van der Waals surface area contributed by atoms with Crippen LogP contribution >= 0.6 is 0 Å². The van der Waals surface area contributed by atoms with Crippen molar-refractivity contribution in [2.24, 2.45) is 0 Å². The second-order valence-electron chi connectivity index (χ2n) is 11.5. The second-order valence-corrected chi connectivity index (χ2v) is 15.7. The minimum atomic E-state index is -1.48. The van der Waals surface area contributed by atoms with Crippen molar-refractivity contribution in [2.75, 3.05) is 0 Å². The monoisotopic (exact) mass is 742 g/mol. The van der Waals surface area contributed by atoms with E-state index >= 15 is 0 Å². The van der Waals surface area contributed by atoms with Gasteiger partial charge in [-0.3, -0.25) is 0 Å². The van der Waals surface area contributed by atoms with Gasteiger partial charge in [-0.1, -0.05) is 78.1 Å². The zero-order chi connectivity index (χ0) is 34.6. The molecule has 0 spiro atoms. The number of carboxylic acids is 4.